The van der Waals surface area contributed by atoms with Gasteiger partial charge in [0.2, 0.25) is 10.0 Å². The molecular weight excluding hydrogens is 306 g/mol. The van der Waals surface area contributed by atoms with E-state index < -0.39 is 16.0 Å². The van der Waals surface area contributed by atoms with Crippen LogP contribution in [-0.4, -0.2) is 32.3 Å². The maximum Gasteiger partial charge on any atom is 0.242 e. The van der Waals surface area contributed by atoms with Gasteiger partial charge in [0.25, 0.3) is 0 Å². The smallest absolute Gasteiger partial charge is 0.242 e. The summed E-state index contributed by atoms with van der Waals surface area (Å²) in [5.41, 5.74) is 0.690. The standard InChI is InChI=1S/C15H19NO5S/c1-4-5-8-16(3)22(19,20)11-6-7-13-12(9-11)10(2)14(21-13)15(17)18/h6-7,9H,4-5,8H2,1-3H3,(H,17,18)/p-1. The van der Waals surface area contributed by atoms with Crippen LogP contribution >= 0.6 is 0 Å². The van der Waals surface area contributed by atoms with Gasteiger partial charge in [0.15, 0.2) is 5.76 Å². The van der Waals surface area contributed by atoms with Crippen LogP contribution in [0.4, 0.5) is 0 Å². The van der Waals surface area contributed by atoms with Gasteiger partial charge in [-0.3, -0.25) is 0 Å². The van der Waals surface area contributed by atoms with Crippen molar-refractivity contribution < 1.29 is 22.7 Å². The number of benzene rings is 1. The largest absolute Gasteiger partial charge is 0.542 e. The number of carboxylic acids is 1. The van der Waals surface area contributed by atoms with Gasteiger partial charge in [-0.25, -0.2) is 12.7 Å². The number of nitrogens with zero attached hydrogens (tertiary/aromatic N) is 1. The summed E-state index contributed by atoms with van der Waals surface area (Å²) in [4.78, 5) is 11.1. The molecule has 6 nitrogen and oxygen atoms in total. The zero-order valence-electron chi connectivity index (χ0n) is 12.8. The first-order chi connectivity index (χ1) is 10.3. The molecule has 0 radical (unpaired) electrons. The molecule has 2 aromatic rings. The number of hydrogen-bond donors (Lipinski definition) is 0. The molecule has 0 N–H and O–H groups in total. The van der Waals surface area contributed by atoms with Crippen LogP contribution in [0.15, 0.2) is 27.5 Å². The second-order valence-electron chi connectivity index (χ2n) is 5.18. The van der Waals surface area contributed by atoms with E-state index in [2.05, 4.69) is 0 Å². The number of unbranched alkanes of at least 4 members (excludes halogenated alkanes) is 1. The van der Waals surface area contributed by atoms with Crippen LogP contribution in [-0.2, 0) is 10.0 Å². The highest BCUT2D eigenvalue weighted by Crippen LogP contribution is 2.28. The molecule has 0 atom stereocenters. The fraction of sp³-hybridized carbons (Fsp3) is 0.400. The maximum absolute atomic E-state index is 12.5. The highest BCUT2D eigenvalue weighted by Gasteiger charge is 2.22. The van der Waals surface area contributed by atoms with E-state index in [1.54, 1.807) is 6.92 Å². The number of furan rings is 1. The Balaban J connectivity index is 2.49. The summed E-state index contributed by atoms with van der Waals surface area (Å²) >= 11 is 0. The molecule has 1 aromatic heterocycles. The van der Waals surface area contributed by atoms with Gasteiger partial charge in [-0.15, -0.1) is 0 Å². The van der Waals surface area contributed by atoms with E-state index in [-0.39, 0.29) is 10.7 Å². The molecule has 0 saturated carbocycles. The van der Waals surface area contributed by atoms with E-state index in [1.165, 1.54) is 29.6 Å². The van der Waals surface area contributed by atoms with Gasteiger partial charge >= 0.3 is 0 Å². The minimum absolute atomic E-state index is 0.118. The average Bonchev–Trinajstić information content (AvgIpc) is 2.81. The van der Waals surface area contributed by atoms with Crippen LogP contribution in [0.5, 0.6) is 0 Å². The van der Waals surface area contributed by atoms with E-state index in [9.17, 15) is 18.3 Å². The first-order valence-electron chi connectivity index (χ1n) is 7.00. The summed E-state index contributed by atoms with van der Waals surface area (Å²) in [6.45, 7) is 3.99. The molecule has 0 fully saturated rings. The Morgan fingerprint density at radius 3 is 2.64 bits per heavy atom. The zero-order valence-corrected chi connectivity index (χ0v) is 13.6. The van der Waals surface area contributed by atoms with Crippen LogP contribution in [0.25, 0.3) is 11.0 Å². The topological polar surface area (TPSA) is 90.7 Å². The molecule has 0 aliphatic rings. The Morgan fingerprint density at radius 1 is 1.36 bits per heavy atom. The number of carbonyl (C=O) groups is 1. The Kier molecular flexibility index (Phi) is 4.58. The Morgan fingerprint density at radius 2 is 2.05 bits per heavy atom. The second-order valence-corrected chi connectivity index (χ2v) is 7.23. The number of hydrogen-bond acceptors (Lipinski definition) is 5. The molecule has 0 spiro atoms. The Bertz CT molecular complexity index is 807. The molecule has 0 aliphatic carbocycles. The number of carbonyl (C=O) groups excluding carboxylic acids is 1. The van der Waals surface area contributed by atoms with Crippen molar-refractivity contribution in [3.63, 3.8) is 0 Å². The molecule has 0 saturated heterocycles. The lowest BCUT2D eigenvalue weighted by atomic mass is 10.1. The average molecular weight is 324 g/mol. The quantitative estimate of drug-likeness (QED) is 0.803. The predicted molar refractivity (Wildman–Crippen MR) is 80.0 cm³/mol. The van der Waals surface area contributed by atoms with Crippen molar-refractivity contribution in [3.05, 3.63) is 29.5 Å². The molecule has 1 heterocycles. The van der Waals surface area contributed by atoms with Crippen LogP contribution in [0, 0.1) is 6.92 Å². The maximum atomic E-state index is 12.5. The van der Waals surface area contributed by atoms with Gasteiger partial charge in [0.1, 0.15) is 11.6 Å². The summed E-state index contributed by atoms with van der Waals surface area (Å²) in [5, 5.41) is 11.4. The summed E-state index contributed by atoms with van der Waals surface area (Å²) in [6, 6.07) is 4.33. The van der Waals surface area contributed by atoms with Gasteiger partial charge in [-0.1, -0.05) is 13.3 Å². The number of sulfonamides is 1. The zero-order chi connectivity index (χ0) is 16.5. The van der Waals surface area contributed by atoms with Crippen molar-refractivity contribution in [1.29, 1.82) is 0 Å². The molecule has 0 unspecified atom stereocenters. The third-order valence-corrected chi connectivity index (χ3v) is 5.48. The summed E-state index contributed by atoms with van der Waals surface area (Å²) in [6.07, 6.45) is 1.67. The normalized spacial score (nSPS) is 12.2. The van der Waals surface area contributed by atoms with E-state index in [4.69, 9.17) is 4.42 Å². The molecular formula is C15H18NO5S-. The molecule has 0 amide bonds. The van der Waals surface area contributed by atoms with E-state index >= 15 is 0 Å². The number of rotatable bonds is 6. The molecule has 22 heavy (non-hydrogen) atoms. The third kappa shape index (κ3) is 2.86. The molecule has 0 aliphatic heterocycles. The van der Waals surface area contributed by atoms with E-state index in [0.717, 1.165) is 12.8 Å². The lowest BCUT2D eigenvalue weighted by molar-refractivity contribution is -0.257. The first-order valence-corrected chi connectivity index (χ1v) is 8.44. The Labute approximate surface area is 129 Å². The molecule has 120 valence electrons. The van der Waals surface area contributed by atoms with Crippen molar-refractivity contribution in [3.8, 4) is 0 Å². The summed E-state index contributed by atoms with van der Waals surface area (Å²) in [7, 11) is -2.07. The van der Waals surface area contributed by atoms with Crippen LogP contribution in [0.1, 0.15) is 35.9 Å². The molecule has 1 aromatic carbocycles. The SMILES string of the molecule is CCCCN(C)S(=O)(=O)c1ccc2oc(C(=O)[O-])c(C)c2c1. The fourth-order valence-corrected chi connectivity index (χ4v) is 3.47. The van der Waals surface area contributed by atoms with Gasteiger partial charge in [0.05, 0.1) is 4.90 Å². The predicted octanol–water partition coefficient (Wildman–Crippen LogP) is 1.53. The summed E-state index contributed by atoms with van der Waals surface area (Å²) < 4.78 is 31.5. The van der Waals surface area contributed by atoms with Crippen LogP contribution in [0.2, 0.25) is 0 Å². The lowest BCUT2D eigenvalue weighted by Crippen LogP contribution is -2.27. The van der Waals surface area contributed by atoms with Crippen molar-refractivity contribution in [2.24, 2.45) is 0 Å². The van der Waals surface area contributed by atoms with Gasteiger partial charge in [-0.05, 0) is 31.5 Å². The highest BCUT2D eigenvalue weighted by molar-refractivity contribution is 7.89. The highest BCUT2D eigenvalue weighted by atomic mass is 32.2. The molecule has 2 rings (SSSR count). The molecule has 7 heteroatoms. The fourth-order valence-electron chi connectivity index (χ4n) is 2.24. The third-order valence-electron chi connectivity index (χ3n) is 3.63. The minimum Gasteiger partial charge on any atom is -0.542 e. The van der Waals surface area contributed by atoms with Crippen LogP contribution in [0.3, 0.4) is 0 Å². The van der Waals surface area contributed by atoms with Crippen molar-refractivity contribution in [1.82, 2.24) is 4.31 Å². The first kappa shape index (κ1) is 16.5. The van der Waals surface area contributed by atoms with Crippen LogP contribution < -0.4 is 5.11 Å². The van der Waals surface area contributed by atoms with Crippen molar-refractivity contribution in [2.45, 2.75) is 31.6 Å². The molecule has 0 bridgehead atoms. The number of carboxylic acid groups (broad SMARTS) is 1. The number of fused-ring (bicyclic) bond motifs is 1. The van der Waals surface area contributed by atoms with Gasteiger partial charge < -0.3 is 14.3 Å². The van der Waals surface area contributed by atoms with Gasteiger partial charge in [-0.2, -0.15) is 0 Å². The van der Waals surface area contributed by atoms with E-state index in [0.29, 0.717) is 23.1 Å². The summed E-state index contributed by atoms with van der Waals surface area (Å²) in [5.74, 6) is -1.69. The monoisotopic (exact) mass is 324 g/mol. The van der Waals surface area contributed by atoms with Crippen molar-refractivity contribution in [2.75, 3.05) is 13.6 Å². The second kappa shape index (κ2) is 6.10. The lowest BCUT2D eigenvalue weighted by Gasteiger charge is -2.16. The van der Waals surface area contributed by atoms with Crippen molar-refractivity contribution >= 4 is 27.0 Å². The van der Waals surface area contributed by atoms with E-state index in [1.807, 2.05) is 6.92 Å². The number of aryl methyl sites for hydroxylation is 1. The number of aromatic carboxylic acids is 1. The Hall–Kier alpha value is -1.86. The van der Waals surface area contributed by atoms with Gasteiger partial charge in [0, 0.05) is 24.5 Å². The minimum atomic E-state index is -3.60.